The van der Waals surface area contributed by atoms with Crippen molar-refractivity contribution in [3.63, 3.8) is 0 Å². The first-order chi connectivity index (χ1) is 15.4. The molecule has 1 heterocycles. The molecule has 1 unspecified atom stereocenters. The number of hydrogen-bond acceptors (Lipinski definition) is 3. The summed E-state index contributed by atoms with van der Waals surface area (Å²) in [6.45, 7) is 1.89. The average Bonchev–Trinajstić information content (AvgIpc) is 3.11. The topological polar surface area (TPSA) is 85.0 Å². The van der Waals surface area contributed by atoms with Crippen LogP contribution in [0.15, 0.2) is 78.9 Å². The lowest BCUT2D eigenvalue weighted by Crippen LogP contribution is -2.31. The van der Waals surface area contributed by atoms with E-state index in [2.05, 4.69) is 15.7 Å². The van der Waals surface area contributed by atoms with Crippen LogP contribution in [0.4, 0.5) is 20.7 Å². The molecule has 4 rings (SSSR count). The molecule has 0 aliphatic heterocycles. The average molecular weight is 450 g/mol. The number of halogens is 2. The van der Waals surface area contributed by atoms with Gasteiger partial charge in [-0.15, -0.1) is 0 Å². The zero-order chi connectivity index (χ0) is 22.7. The van der Waals surface area contributed by atoms with Gasteiger partial charge in [0.2, 0.25) is 0 Å². The van der Waals surface area contributed by atoms with Crippen LogP contribution in [0, 0.1) is 5.82 Å². The van der Waals surface area contributed by atoms with E-state index in [9.17, 15) is 9.18 Å². The Morgan fingerprint density at radius 2 is 1.69 bits per heavy atom. The predicted molar refractivity (Wildman–Crippen MR) is 125 cm³/mol. The number of nitrogens with zero attached hydrogens (tertiary/aromatic N) is 2. The standard InChI is InChI=1S/C24H21ClFN5O/c1-15(16-5-3-2-4-6-16)28-24(32)29-22-21(17-7-9-18(25)10-8-17)30-31(23(22)27)20-13-11-19(26)12-14-20/h2-15H,27H2,1H3,(H2,28,29,32). The monoisotopic (exact) mass is 449 g/mol. The van der Waals surface area contributed by atoms with Crippen LogP contribution in [0.25, 0.3) is 16.9 Å². The van der Waals surface area contributed by atoms with Gasteiger partial charge < -0.3 is 16.4 Å². The number of anilines is 2. The first kappa shape index (κ1) is 21.4. The lowest BCUT2D eigenvalue weighted by atomic mass is 10.1. The highest BCUT2D eigenvalue weighted by Gasteiger charge is 2.21. The fourth-order valence-electron chi connectivity index (χ4n) is 3.31. The van der Waals surface area contributed by atoms with E-state index in [1.54, 1.807) is 36.4 Å². The number of nitrogen functional groups attached to an aromatic ring is 1. The van der Waals surface area contributed by atoms with Crippen molar-refractivity contribution in [2.24, 2.45) is 0 Å². The third-order valence-electron chi connectivity index (χ3n) is 5.00. The van der Waals surface area contributed by atoms with Gasteiger partial charge in [-0.25, -0.2) is 13.9 Å². The third kappa shape index (κ3) is 4.58. The molecule has 0 radical (unpaired) electrons. The minimum atomic E-state index is -0.429. The molecule has 8 heteroatoms. The van der Waals surface area contributed by atoms with Crippen LogP contribution >= 0.6 is 11.6 Å². The second-order valence-electron chi connectivity index (χ2n) is 7.23. The van der Waals surface area contributed by atoms with E-state index in [1.807, 2.05) is 37.3 Å². The summed E-state index contributed by atoms with van der Waals surface area (Å²) in [5.41, 5.74) is 9.42. The van der Waals surface area contributed by atoms with E-state index >= 15 is 0 Å². The fraction of sp³-hybridized carbons (Fsp3) is 0.0833. The van der Waals surface area contributed by atoms with Gasteiger partial charge >= 0.3 is 6.03 Å². The van der Waals surface area contributed by atoms with Gasteiger partial charge in [0.05, 0.1) is 11.7 Å². The van der Waals surface area contributed by atoms with Crippen LogP contribution in [0.5, 0.6) is 0 Å². The molecule has 0 aliphatic carbocycles. The number of nitrogens with two attached hydrogens (primary N) is 1. The Hall–Kier alpha value is -3.84. The van der Waals surface area contributed by atoms with Crippen LogP contribution in [0.2, 0.25) is 5.02 Å². The lowest BCUT2D eigenvalue weighted by Gasteiger charge is -2.15. The normalized spacial score (nSPS) is 11.7. The van der Waals surface area contributed by atoms with Crippen molar-refractivity contribution in [1.29, 1.82) is 0 Å². The molecule has 3 aromatic carbocycles. The Morgan fingerprint density at radius 1 is 1.03 bits per heavy atom. The SMILES string of the molecule is CC(NC(=O)Nc1c(-c2ccc(Cl)cc2)nn(-c2ccc(F)cc2)c1N)c1ccccc1. The molecule has 0 fully saturated rings. The number of urea groups is 1. The quantitative estimate of drug-likeness (QED) is 0.360. The molecule has 162 valence electrons. The molecule has 0 aliphatic rings. The van der Waals surface area contributed by atoms with Gasteiger partial charge in [0.1, 0.15) is 17.2 Å². The summed E-state index contributed by atoms with van der Waals surface area (Å²) < 4.78 is 14.8. The van der Waals surface area contributed by atoms with Gasteiger partial charge in [-0.1, -0.05) is 54.1 Å². The summed E-state index contributed by atoms with van der Waals surface area (Å²) in [5.74, 6) is -0.158. The number of hydrogen-bond donors (Lipinski definition) is 3. The molecular formula is C24H21ClFN5O. The largest absolute Gasteiger partial charge is 0.382 e. The molecule has 4 N–H and O–H groups in total. The molecule has 0 bridgehead atoms. The molecule has 4 aromatic rings. The maximum Gasteiger partial charge on any atom is 0.319 e. The highest BCUT2D eigenvalue weighted by atomic mass is 35.5. The summed E-state index contributed by atoms with van der Waals surface area (Å²) in [6, 6.07) is 21.8. The predicted octanol–water partition coefficient (Wildman–Crippen LogP) is 5.80. The second-order valence-corrected chi connectivity index (χ2v) is 7.67. The van der Waals surface area contributed by atoms with Crippen LogP contribution in [-0.4, -0.2) is 15.8 Å². The Morgan fingerprint density at radius 3 is 2.34 bits per heavy atom. The molecule has 0 saturated carbocycles. The summed E-state index contributed by atoms with van der Waals surface area (Å²) in [4.78, 5) is 12.8. The molecule has 2 amide bonds. The van der Waals surface area contributed by atoms with E-state index in [4.69, 9.17) is 17.3 Å². The van der Waals surface area contributed by atoms with Crippen LogP contribution in [-0.2, 0) is 0 Å². The van der Waals surface area contributed by atoms with Crippen molar-refractivity contribution in [2.45, 2.75) is 13.0 Å². The van der Waals surface area contributed by atoms with Crippen LogP contribution < -0.4 is 16.4 Å². The first-order valence-electron chi connectivity index (χ1n) is 9.95. The molecule has 6 nitrogen and oxygen atoms in total. The number of amides is 2. The number of carbonyl (C=O) groups is 1. The Labute approximate surface area is 189 Å². The lowest BCUT2D eigenvalue weighted by molar-refractivity contribution is 0.249. The van der Waals surface area contributed by atoms with Crippen LogP contribution in [0.1, 0.15) is 18.5 Å². The van der Waals surface area contributed by atoms with Crippen molar-refractivity contribution >= 4 is 29.1 Å². The van der Waals surface area contributed by atoms with Gasteiger partial charge in [0.25, 0.3) is 0 Å². The van der Waals surface area contributed by atoms with E-state index in [0.717, 1.165) is 5.56 Å². The molecule has 0 spiro atoms. The molecular weight excluding hydrogens is 429 g/mol. The van der Waals surface area contributed by atoms with Gasteiger partial charge in [-0.3, -0.25) is 0 Å². The summed E-state index contributed by atoms with van der Waals surface area (Å²) >= 11 is 6.02. The van der Waals surface area contributed by atoms with E-state index in [1.165, 1.54) is 16.8 Å². The Kier molecular flexibility index (Phi) is 6.09. The highest BCUT2D eigenvalue weighted by Crippen LogP contribution is 2.34. The fourth-order valence-corrected chi connectivity index (χ4v) is 3.44. The number of carbonyl (C=O) groups excluding carboxylic acids is 1. The summed E-state index contributed by atoms with van der Waals surface area (Å²) in [7, 11) is 0. The minimum Gasteiger partial charge on any atom is -0.382 e. The van der Waals surface area contributed by atoms with Crippen molar-refractivity contribution in [2.75, 3.05) is 11.1 Å². The van der Waals surface area contributed by atoms with Crippen LogP contribution in [0.3, 0.4) is 0 Å². The van der Waals surface area contributed by atoms with Crippen molar-refractivity contribution in [3.05, 3.63) is 95.3 Å². The third-order valence-corrected chi connectivity index (χ3v) is 5.25. The highest BCUT2D eigenvalue weighted by molar-refractivity contribution is 6.30. The number of benzene rings is 3. The number of nitrogens with one attached hydrogen (secondary N) is 2. The first-order valence-corrected chi connectivity index (χ1v) is 10.3. The number of aromatic nitrogens is 2. The van der Waals surface area contributed by atoms with Crippen molar-refractivity contribution < 1.29 is 9.18 Å². The maximum atomic E-state index is 13.4. The minimum absolute atomic E-state index is 0.212. The molecule has 0 saturated heterocycles. The van der Waals surface area contributed by atoms with E-state index in [-0.39, 0.29) is 17.7 Å². The van der Waals surface area contributed by atoms with Gasteiger partial charge in [-0.05, 0) is 48.9 Å². The van der Waals surface area contributed by atoms with Gasteiger partial charge in [0, 0.05) is 10.6 Å². The summed E-state index contributed by atoms with van der Waals surface area (Å²) in [5, 5.41) is 10.9. The smallest absolute Gasteiger partial charge is 0.319 e. The van der Waals surface area contributed by atoms with Gasteiger partial charge in [0.15, 0.2) is 5.82 Å². The van der Waals surface area contributed by atoms with Crippen molar-refractivity contribution in [3.8, 4) is 16.9 Å². The maximum absolute atomic E-state index is 13.4. The molecule has 1 aromatic heterocycles. The Balaban J connectivity index is 1.68. The van der Waals surface area contributed by atoms with E-state index in [0.29, 0.717) is 27.7 Å². The number of rotatable bonds is 5. The molecule has 32 heavy (non-hydrogen) atoms. The summed E-state index contributed by atoms with van der Waals surface area (Å²) in [6.07, 6.45) is 0. The van der Waals surface area contributed by atoms with E-state index < -0.39 is 6.03 Å². The van der Waals surface area contributed by atoms with Crippen molar-refractivity contribution in [1.82, 2.24) is 15.1 Å². The molecule has 1 atom stereocenters. The second kappa shape index (κ2) is 9.11. The zero-order valence-electron chi connectivity index (χ0n) is 17.2. The Bertz CT molecular complexity index is 1220. The zero-order valence-corrected chi connectivity index (χ0v) is 18.0. The van der Waals surface area contributed by atoms with Gasteiger partial charge in [-0.2, -0.15) is 5.10 Å².